The summed E-state index contributed by atoms with van der Waals surface area (Å²) >= 11 is 15.4. The molecule has 0 bridgehead atoms. The molecule has 0 aromatic heterocycles. The zero-order valence-corrected chi connectivity index (χ0v) is 12.0. The highest BCUT2D eigenvalue weighted by molar-refractivity contribution is 9.09. The van der Waals surface area contributed by atoms with Crippen LogP contribution in [0.1, 0.15) is 19.4 Å². The normalized spacial score (nSPS) is 13.2. The topological polar surface area (TPSA) is 0 Å². The molecule has 1 aromatic rings. The lowest BCUT2D eigenvalue weighted by atomic mass is 9.91. The van der Waals surface area contributed by atoms with E-state index in [1.165, 1.54) is 5.56 Å². The van der Waals surface area contributed by atoms with Crippen LogP contribution < -0.4 is 0 Å². The molecule has 1 unspecified atom stereocenters. The van der Waals surface area contributed by atoms with Crippen molar-refractivity contribution in [1.29, 1.82) is 0 Å². The summed E-state index contributed by atoms with van der Waals surface area (Å²) in [7, 11) is 0. The van der Waals surface area contributed by atoms with Crippen LogP contribution in [0.25, 0.3) is 0 Å². The number of alkyl halides is 1. The molecule has 0 saturated carbocycles. The molecule has 0 spiro atoms. The van der Waals surface area contributed by atoms with Gasteiger partial charge < -0.3 is 0 Å². The Morgan fingerprint density at radius 2 is 1.87 bits per heavy atom. The van der Waals surface area contributed by atoms with Gasteiger partial charge in [-0.2, -0.15) is 0 Å². The molecule has 0 aliphatic carbocycles. The SMILES string of the molecule is CC(C)C(CBr)Cc1ccc(Cl)c(Cl)c1. The zero-order chi connectivity index (χ0) is 11.4. The zero-order valence-electron chi connectivity index (χ0n) is 8.93. The van der Waals surface area contributed by atoms with Gasteiger partial charge in [0.25, 0.3) is 0 Å². The lowest BCUT2D eigenvalue weighted by Gasteiger charge is -2.18. The first-order valence-corrected chi connectivity index (χ1v) is 6.92. The molecular formula is C12H15BrCl2. The smallest absolute Gasteiger partial charge is 0.0595 e. The average molecular weight is 310 g/mol. The van der Waals surface area contributed by atoms with Gasteiger partial charge in [0, 0.05) is 5.33 Å². The van der Waals surface area contributed by atoms with E-state index in [0.717, 1.165) is 11.8 Å². The van der Waals surface area contributed by atoms with E-state index in [4.69, 9.17) is 23.2 Å². The minimum Gasteiger partial charge on any atom is -0.0925 e. The van der Waals surface area contributed by atoms with Crippen molar-refractivity contribution >= 4 is 39.1 Å². The van der Waals surface area contributed by atoms with Crippen molar-refractivity contribution in [3.05, 3.63) is 33.8 Å². The molecule has 0 heterocycles. The first kappa shape index (κ1) is 13.3. The van der Waals surface area contributed by atoms with E-state index in [0.29, 0.717) is 21.9 Å². The number of benzene rings is 1. The van der Waals surface area contributed by atoms with Crippen LogP contribution in [0.3, 0.4) is 0 Å². The highest BCUT2D eigenvalue weighted by atomic mass is 79.9. The van der Waals surface area contributed by atoms with Gasteiger partial charge in [0.05, 0.1) is 10.0 Å². The molecule has 0 aliphatic rings. The summed E-state index contributed by atoms with van der Waals surface area (Å²) in [6, 6.07) is 5.87. The maximum Gasteiger partial charge on any atom is 0.0595 e. The van der Waals surface area contributed by atoms with Crippen molar-refractivity contribution in [3.63, 3.8) is 0 Å². The molecule has 0 nitrogen and oxygen atoms in total. The van der Waals surface area contributed by atoms with Crippen molar-refractivity contribution in [2.24, 2.45) is 11.8 Å². The second-order valence-electron chi connectivity index (χ2n) is 4.11. The van der Waals surface area contributed by atoms with Crippen molar-refractivity contribution in [2.45, 2.75) is 20.3 Å². The predicted molar refractivity (Wildman–Crippen MR) is 72.3 cm³/mol. The summed E-state index contributed by atoms with van der Waals surface area (Å²) in [6.07, 6.45) is 1.04. The van der Waals surface area contributed by atoms with Crippen LogP contribution in [0.5, 0.6) is 0 Å². The molecule has 1 atom stereocenters. The minimum atomic E-state index is 0.625. The maximum absolute atomic E-state index is 5.98. The summed E-state index contributed by atoms with van der Waals surface area (Å²) in [5.74, 6) is 1.31. The minimum absolute atomic E-state index is 0.625. The van der Waals surface area contributed by atoms with Gasteiger partial charge in [0.1, 0.15) is 0 Å². The molecule has 0 fully saturated rings. The first-order chi connectivity index (χ1) is 7.04. The molecule has 0 radical (unpaired) electrons. The third kappa shape index (κ3) is 3.97. The van der Waals surface area contributed by atoms with Gasteiger partial charge in [-0.3, -0.25) is 0 Å². The Labute approximate surface area is 110 Å². The number of rotatable bonds is 4. The van der Waals surface area contributed by atoms with Gasteiger partial charge in [0.15, 0.2) is 0 Å². The summed E-state index contributed by atoms with van der Waals surface area (Å²) in [4.78, 5) is 0. The third-order valence-corrected chi connectivity index (χ3v) is 4.19. The predicted octanol–water partition coefficient (Wildman–Crippen LogP) is 5.20. The Morgan fingerprint density at radius 3 is 2.33 bits per heavy atom. The van der Waals surface area contributed by atoms with Gasteiger partial charge in [-0.25, -0.2) is 0 Å². The van der Waals surface area contributed by atoms with Crippen molar-refractivity contribution in [2.75, 3.05) is 5.33 Å². The van der Waals surface area contributed by atoms with Crippen LogP contribution in [-0.2, 0) is 6.42 Å². The van der Waals surface area contributed by atoms with E-state index in [9.17, 15) is 0 Å². The van der Waals surface area contributed by atoms with Crippen LogP contribution in [0.15, 0.2) is 18.2 Å². The maximum atomic E-state index is 5.98. The van der Waals surface area contributed by atoms with Crippen molar-refractivity contribution < 1.29 is 0 Å². The van der Waals surface area contributed by atoms with E-state index in [-0.39, 0.29) is 0 Å². The first-order valence-electron chi connectivity index (χ1n) is 5.04. The Morgan fingerprint density at radius 1 is 1.20 bits per heavy atom. The van der Waals surface area contributed by atoms with E-state index in [2.05, 4.69) is 29.8 Å². The molecule has 1 aromatic carbocycles. The Hall–Kier alpha value is 0.280. The average Bonchev–Trinajstić information content (AvgIpc) is 2.19. The molecule has 15 heavy (non-hydrogen) atoms. The lowest BCUT2D eigenvalue weighted by molar-refractivity contribution is 0.427. The molecular weight excluding hydrogens is 295 g/mol. The monoisotopic (exact) mass is 308 g/mol. The molecule has 0 N–H and O–H groups in total. The van der Waals surface area contributed by atoms with Gasteiger partial charge in [-0.1, -0.05) is 59.0 Å². The van der Waals surface area contributed by atoms with Crippen LogP contribution in [0.4, 0.5) is 0 Å². The molecule has 84 valence electrons. The summed E-state index contributed by atoms with van der Waals surface area (Å²) in [6.45, 7) is 4.48. The Bertz CT molecular complexity index is 323. The van der Waals surface area contributed by atoms with Crippen LogP contribution in [0.2, 0.25) is 10.0 Å². The number of hydrogen-bond donors (Lipinski definition) is 0. The molecule has 1 rings (SSSR count). The largest absolute Gasteiger partial charge is 0.0925 e. The van der Waals surface area contributed by atoms with Crippen molar-refractivity contribution in [1.82, 2.24) is 0 Å². The fourth-order valence-electron chi connectivity index (χ4n) is 1.44. The van der Waals surface area contributed by atoms with Gasteiger partial charge in [-0.05, 0) is 36.0 Å². The van der Waals surface area contributed by atoms with E-state index >= 15 is 0 Å². The van der Waals surface area contributed by atoms with Crippen molar-refractivity contribution in [3.8, 4) is 0 Å². The second kappa shape index (κ2) is 6.12. The number of hydrogen-bond acceptors (Lipinski definition) is 0. The fraction of sp³-hybridized carbons (Fsp3) is 0.500. The lowest BCUT2D eigenvalue weighted by Crippen LogP contribution is -2.13. The molecule has 3 heteroatoms. The molecule has 0 aliphatic heterocycles. The highest BCUT2D eigenvalue weighted by Crippen LogP contribution is 2.26. The fourth-order valence-corrected chi connectivity index (χ4v) is 2.74. The third-order valence-electron chi connectivity index (χ3n) is 2.62. The van der Waals surface area contributed by atoms with Gasteiger partial charge in [0.2, 0.25) is 0 Å². The van der Waals surface area contributed by atoms with E-state index in [1.54, 1.807) is 0 Å². The quantitative estimate of drug-likeness (QED) is 0.670. The molecule has 0 amide bonds. The molecule has 0 saturated heterocycles. The highest BCUT2D eigenvalue weighted by Gasteiger charge is 2.13. The summed E-state index contributed by atoms with van der Waals surface area (Å²) in [5.41, 5.74) is 1.25. The van der Waals surface area contributed by atoms with Gasteiger partial charge in [-0.15, -0.1) is 0 Å². The summed E-state index contributed by atoms with van der Waals surface area (Å²) < 4.78 is 0. The standard InChI is InChI=1S/C12H15BrCl2/c1-8(2)10(7-13)5-9-3-4-11(14)12(15)6-9/h3-4,6,8,10H,5,7H2,1-2H3. The second-order valence-corrected chi connectivity index (χ2v) is 5.57. The van der Waals surface area contributed by atoms with Crippen LogP contribution in [0, 0.1) is 11.8 Å². The van der Waals surface area contributed by atoms with E-state index < -0.39 is 0 Å². The van der Waals surface area contributed by atoms with Crippen LogP contribution >= 0.6 is 39.1 Å². The van der Waals surface area contributed by atoms with E-state index in [1.807, 2.05) is 18.2 Å². The van der Waals surface area contributed by atoms with Crippen LogP contribution in [-0.4, -0.2) is 5.33 Å². The summed E-state index contributed by atoms with van der Waals surface area (Å²) in [5, 5.41) is 2.29. The Balaban J connectivity index is 2.75. The Kier molecular flexibility index (Phi) is 5.45. The van der Waals surface area contributed by atoms with Gasteiger partial charge >= 0.3 is 0 Å². The number of halogens is 3.